The first kappa shape index (κ1) is 20.6. The molecular formula is C21H32O5. The Morgan fingerprint density at radius 2 is 1.92 bits per heavy atom. The van der Waals surface area contributed by atoms with Crippen molar-refractivity contribution in [3.63, 3.8) is 0 Å². The number of esters is 1. The van der Waals surface area contributed by atoms with E-state index in [0.29, 0.717) is 12.2 Å². The van der Waals surface area contributed by atoms with E-state index in [2.05, 4.69) is 6.92 Å². The SMILES string of the molecule is CCCCCC(O)CCCCCC1Cc2cc(OC)cc(O)c2C(=O)O1. The molecule has 1 aromatic carbocycles. The second kappa shape index (κ2) is 10.4. The monoisotopic (exact) mass is 364 g/mol. The molecule has 5 heteroatoms. The molecule has 0 saturated carbocycles. The summed E-state index contributed by atoms with van der Waals surface area (Å²) in [5.74, 6) is 0.00868. The Hall–Kier alpha value is -1.75. The van der Waals surface area contributed by atoms with Crippen LogP contribution in [0.3, 0.4) is 0 Å². The minimum atomic E-state index is -0.456. The number of methoxy groups -OCH3 is 1. The Labute approximate surface area is 156 Å². The number of rotatable bonds is 11. The molecule has 0 bridgehead atoms. The number of aromatic hydroxyl groups is 1. The van der Waals surface area contributed by atoms with E-state index in [4.69, 9.17) is 9.47 Å². The van der Waals surface area contributed by atoms with Crippen LogP contribution in [0.4, 0.5) is 0 Å². The number of carbonyl (C=O) groups excluding carboxylic acids is 1. The summed E-state index contributed by atoms with van der Waals surface area (Å²) < 4.78 is 10.6. The van der Waals surface area contributed by atoms with E-state index in [1.165, 1.54) is 26.0 Å². The molecule has 0 amide bonds. The van der Waals surface area contributed by atoms with Crippen LogP contribution >= 0.6 is 0 Å². The van der Waals surface area contributed by atoms with Gasteiger partial charge in [-0.2, -0.15) is 0 Å². The van der Waals surface area contributed by atoms with E-state index in [1.807, 2.05) is 0 Å². The summed E-state index contributed by atoms with van der Waals surface area (Å²) in [6.07, 6.45) is 9.27. The third-order valence-corrected chi connectivity index (χ3v) is 5.04. The number of fused-ring (bicyclic) bond motifs is 1. The lowest BCUT2D eigenvalue weighted by Crippen LogP contribution is -2.27. The molecule has 0 aromatic heterocycles. The van der Waals surface area contributed by atoms with Crippen molar-refractivity contribution in [3.05, 3.63) is 23.3 Å². The number of carbonyl (C=O) groups is 1. The average Bonchev–Trinajstić information content (AvgIpc) is 2.60. The van der Waals surface area contributed by atoms with Gasteiger partial charge in [0.25, 0.3) is 0 Å². The maximum atomic E-state index is 12.2. The van der Waals surface area contributed by atoms with Gasteiger partial charge in [-0.1, -0.05) is 39.0 Å². The lowest BCUT2D eigenvalue weighted by atomic mass is 9.94. The van der Waals surface area contributed by atoms with Gasteiger partial charge in [-0.3, -0.25) is 0 Å². The predicted molar refractivity (Wildman–Crippen MR) is 101 cm³/mol. The standard InChI is InChI=1S/C21H32O5/c1-3-4-6-9-16(22)10-7-5-8-11-17-12-15-13-18(25-2)14-19(23)20(15)21(24)26-17/h13-14,16-17,22-23H,3-12H2,1-2H3. The van der Waals surface area contributed by atoms with Crippen molar-refractivity contribution in [1.29, 1.82) is 0 Å². The molecule has 0 fully saturated rings. The third kappa shape index (κ3) is 5.90. The maximum absolute atomic E-state index is 12.2. The van der Waals surface area contributed by atoms with Crippen LogP contribution in [-0.2, 0) is 11.2 Å². The van der Waals surface area contributed by atoms with Gasteiger partial charge >= 0.3 is 5.97 Å². The van der Waals surface area contributed by atoms with Crippen molar-refractivity contribution in [2.75, 3.05) is 7.11 Å². The van der Waals surface area contributed by atoms with Crippen molar-refractivity contribution in [3.8, 4) is 11.5 Å². The quantitative estimate of drug-likeness (QED) is 0.450. The van der Waals surface area contributed by atoms with Crippen LogP contribution in [-0.4, -0.2) is 35.5 Å². The summed E-state index contributed by atoms with van der Waals surface area (Å²) >= 11 is 0. The molecule has 0 aliphatic carbocycles. The highest BCUT2D eigenvalue weighted by atomic mass is 16.5. The predicted octanol–water partition coefficient (Wildman–Crippen LogP) is 4.37. The van der Waals surface area contributed by atoms with Gasteiger partial charge in [-0.25, -0.2) is 4.79 Å². The fourth-order valence-electron chi connectivity index (χ4n) is 3.53. The van der Waals surface area contributed by atoms with Crippen LogP contribution in [0, 0.1) is 0 Å². The first-order chi connectivity index (χ1) is 12.5. The number of hydrogen-bond donors (Lipinski definition) is 2. The molecular weight excluding hydrogens is 332 g/mol. The third-order valence-electron chi connectivity index (χ3n) is 5.04. The molecule has 2 atom stereocenters. The summed E-state index contributed by atoms with van der Waals surface area (Å²) in [5.41, 5.74) is 1.05. The molecule has 0 radical (unpaired) electrons. The normalized spacial score (nSPS) is 17.5. The van der Waals surface area contributed by atoms with Gasteiger partial charge in [0, 0.05) is 12.5 Å². The van der Waals surface area contributed by atoms with Crippen molar-refractivity contribution in [1.82, 2.24) is 0 Å². The number of ether oxygens (including phenoxy) is 2. The summed E-state index contributed by atoms with van der Waals surface area (Å²) in [4.78, 5) is 12.2. The van der Waals surface area contributed by atoms with Crippen LogP contribution in [0.5, 0.6) is 11.5 Å². The number of aliphatic hydroxyl groups is 1. The molecule has 1 aliphatic rings. The maximum Gasteiger partial charge on any atom is 0.342 e. The fourth-order valence-corrected chi connectivity index (χ4v) is 3.53. The van der Waals surface area contributed by atoms with E-state index in [0.717, 1.165) is 50.5 Å². The lowest BCUT2D eigenvalue weighted by molar-refractivity contribution is 0.0227. The van der Waals surface area contributed by atoms with Gasteiger partial charge in [0.15, 0.2) is 0 Å². The number of hydrogen-bond acceptors (Lipinski definition) is 5. The zero-order chi connectivity index (χ0) is 18.9. The highest BCUT2D eigenvalue weighted by molar-refractivity contribution is 5.95. The van der Waals surface area contributed by atoms with Crippen LogP contribution < -0.4 is 4.74 Å². The molecule has 0 saturated heterocycles. The Morgan fingerprint density at radius 3 is 2.62 bits per heavy atom. The van der Waals surface area contributed by atoms with E-state index >= 15 is 0 Å². The Balaban J connectivity index is 1.73. The van der Waals surface area contributed by atoms with Gasteiger partial charge in [0.05, 0.1) is 13.2 Å². The van der Waals surface area contributed by atoms with Crippen LogP contribution in [0.15, 0.2) is 12.1 Å². The average molecular weight is 364 g/mol. The van der Waals surface area contributed by atoms with Crippen molar-refractivity contribution >= 4 is 5.97 Å². The van der Waals surface area contributed by atoms with Crippen LogP contribution in [0.25, 0.3) is 0 Å². The van der Waals surface area contributed by atoms with Crippen LogP contribution in [0.2, 0.25) is 0 Å². The smallest absolute Gasteiger partial charge is 0.342 e. The van der Waals surface area contributed by atoms with Crippen molar-refractivity contribution < 1.29 is 24.5 Å². The number of benzene rings is 1. The molecule has 2 rings (SSSR count). The lowest BCUT2D eigenvalue weighted by Gasteiger charge is -2.25. The summed E-state index contributed by atoms with van der Waals surface area (Å²) in [6.45, 7) is 2.17. The zero-order valence-corrected chi connectivity index (χ0v) is 16.0. The Kier molecular flexibility index (Phi) is 8.23. The molecule has 2 unspecified atom stereocenters. The molecule has 0 spiro atoms. The van der Waals surface area contributed by atoms with E-state index in [-0.39, 0.29) is 23.5 Å². The molecule has 1 aliphatic heterocycles. The number of phenolic OH excluding ortho intramolecular Hbond substituents is 1. The molecule has 1 aromatic rings. The van der Waals surface area contributed by atoms with Crippen molar-refractivity contribution in [2.45, 2.75) is 83.3 Å². The topological polar surface area (TPSA) is 76.0 Å². The number of cyclic esters (lactones) is 1. The van der Waals surface area contributed by atoms with Gasteiger partial charge in [-0.15, -0.1) is 0 Å². The minimum Gasteiger partial charge on any atom is -0.507 e. The first-order valence-corrected chi connectivity index (χ1v) is 9.84. The number of unbranched alkanes of at least 4 members (excludes halogenated alkanes) is 4. The largest absolute Gasteiger partial charge is 0.507 e. The Morgan fingerprint density at radius 1 is 1.19 bits per heavy atom. The molecule has 2 N–H and O–H groups in total. The molecule has 1 heterocycles. The molecule has 26 heavy (non-hydrogen) atoms. The highest BCUT2D eigenvalue weighted by Gasteiger charge is 2.29. The van der Waals surface area contributed by atoms with E-state index in [1.54, 1.807) is 6.07 Å². The first-order valence-electron chi connectivity index (χ1n) is 9.84. The number of phenols is 1. The molecule has 146 valence electrons. The summed E-state index contributed by atoms with van der Waals surface area (Å²) in [6, 6.07) is 3.24. The van der Waals surface area contributed by atoms with Gasteiger partial charge in [0.1, 0.15) is 23.2 Å². The second-order valence-electron chi connectivity index (χ2n) is 7.20. The van der Waals surface area contributed by atoms with Gasteiger partial charge in [-0.05, 0) is 37.3 Å². The van der Waals surface area contributed by atoms with Gasteiger partial charge < -0.3 is 19.7 Å². The second-order valence-corrected chi connectivity index (χ2v) is 7.20. The van der Waals surface area contributed by atoms with Crippen molar-refractivity contribution in [2.24, 2.45) is 0 Å². The highest BCUT2D eigenvalue weighted by Crippen LogP contribution is 2.33. The Bertz CT molecular complexity index is 584. The van der Waals surface area contributed by atoms with E-state index < -0.39 is 5.97 Å². The van der Waals surface area contributed by atoms with E-state index in [9.17, 15) is 15.0 Å². The van der Waals surface area contributed by atoms with Gasteiger partial charge in [0.2, 0.25) is 0 Å². The minimum absolute atomic E-state index is 0.0835. The zero-order valence-electron chi connectivity index (χ0n) is 16.0. The van der Waals surface area contributed by atoms with Crippen LogP contribution in [0.1, 0.15) is 80.6 Å². The molecule has 5 nitrogen and oxygen atoms in total. The number of aliphatic hydroxyl groups excluding tert-OH is 1. The summed E-state index contributed by atoms with van der Waals surface area (Å²) in [5, 5.41) is 19.9. The fraction of sp³-hybridized carbons (Fsp3) is 0.667. The summed E-state index contributed by atoms with van der Waals surface area (Å²) in [7, 11) is 1.54.